The first-order valence-electron chi connectivity index (χ1n) is 15.2. The number of allylic oxidation sites excluding steroid dienone is 1. The third-order valence-corrected chi connectivity index (χ3v) is 9.66. The number of hydrogen-bond donors (Lipinski definition) is 7. The first-order chi connectivity index (χ1) is 21.7. The van der Waals surface area contributed by atoms with E-state index in [-0.39, 0.29) is 41.6 Å². The molecule has 12 heteroatoms. The van der Waals surface area contributed by atoms with Gasteiger partial charge in [-0.05, 0) is 74.9 Å². The van der Waals surface area contributed by atoms with Gasteiger partial charge in [0.15, 0.2) is 5.12 Å². The second-order valence-corrected chi connectivity index (χ2v) is 13.4. The van der Waals surface area contributed by atoms with Gasteiger partial charge in [-0.2, -0.15) is 0 Å². The molecule has 246 valence electrons. The summed E-state index contributed by atoms with van der Waals surface area (Å²) < 4.78 is 0. The van der Waals surface area contributed by atoms with Crippen LogP contribution in [0.2, 0.25) is 0 Å². The zero-order chi connectivity index (χ0) is 33.9. The van der Waals surface area contributed by atoms with E-state index in [2.05, 4.69) is 27.2 Å². The minimum atomic E-state index is -0.920. The van der Waals surface area contributed by atoms with Gasteiger partial charge in [0.25, 0.3) is 5.91 Å². The number of thioether (sulfide) groups is 1. The van der Waals surface area contributed by atoms with Crippen LogP contribution in [-0.2, 0) is 44.9 Å². The summed E-state index contributed by atoms with van der Waals surface area (Å²) in [6, 6.07) is 1.77. The van der Waals surface area contributed by atoms with Crippen molar-refractivity contribution in [2.45, 2.75) is 90.7 Å². The van der Waals surface area contributed by atoms with Gasteiger partial charge in [0.05, 0.1) is 5.70 Å². The first kappa shape index (κ1) is 34.7. The lowest BCUT2D eigenvalue weighted by atomic mass is 9.99. The maximum absolute atomic E-state index is 12.3. The highest BCUT2D eigenvalue weighted by Crippen LogP contribution is 2.33. The van der Waals surface area contributed by atoms with Crippen LogP contribution in [0.3, 0.4) is 0 Å². The van der Waals surface area contributed by atoms with Gasteiger partial charge in [0.2, 0.25) is 0 Å². The Morgan fingerprint density at radius 1 is 1.07 bits per heavy atom. The number of aromatic amines is 2. The Bertz CT molecular complexity index is 1680. The summed E-state index contributed by atoms with van der Waals surface area (Å²) >= 11 is 1.17. The molecular weight excluding hydrogens is 608 g/mol. The number of aromatic nitrogens is 2. The predicted molar refractivity (Wildman–Crippen MR) is 177 cm³/mol. The second kappa shape index (κ2) is 14.5. The number of aliphatic hydroxyl groups excluding tert-OH is 1. The number of H-pyrrole nitrogens is 2. The van der Waals surface area contributed by atoms with Crippen LogP contribution in [0.1, 0.15) is 80.0 Å². The second-order valence-electron chi connectivity index (χ2n) is 11.9. The average Bonchev–Trinajstić information content (AvgIpc) is 3.65. The third kappa shape index (κ3) is 7.80. The van der Waals surface area contributed by atoms with E-state index in [4.69, 9.17) is 0 Å². The van der Waals surface area contributed by atoms with Crippen molar-refractivity contribution in [2.75, 3.05) is 0 Å². The Hall–Kier alpha value is -4.13. The van der Waals surface area contributed by atoms with E-state index >= 15 is 0 Å². The van der Waals surface area contributed by atoms with Crippen molar-refractivity contribution in [3.05, 3.63) is 86.2 Å². The van der Waals surface area contributed by atoms with Gasteiger partial charge in [0.1, 0.15) is 6.23 Å². The van der Waals surface area contributed by atoms with Crippen LogP contribution >= 0.6 is 11.8 Å². The highest BCUT2D eigenvalue weighted by atomic mass is 32.2. The van der Waals surface area contributed by atoms with Crippen LogP contribution in [0.25, 0.3) is 6.08 Å². The Kier molecular flexibility index (Phi) is 11.0. The molecule has 0 aliphatic carbocycles. The van der Waals surface area contributed by atoms with Crippen molar-refractivity contribution < 1.29 is 34.5 Å². The van der Waals surface area contributed by atoms with Crippen molar-refractivity contribution in [3.8, 4) is 0 Å². The number of rotatable bonds is 14. The number of hydrogen-bond acceptors (Lipinski definition) is 7. The van der Waals surface area contributed by atoms with Crippen molar-refractivity contribution in [2.24, 2.45) is 0 Å². The maximum atomic E-state index is 12.3. The lowest BCUT2D eigenvalue weighted by molar-refractivity contribution is -0.138. The Labute approximate surface area is 272 Å². The molecule has 0 radical (unpaired) electrons. The molecule has 4 rings (SSSR count). The molecule has 2 aliphatic heterocycles. The highest BCUT2D eigenvalue weighted by Gasteiger charge is 2.33. The van der Waals surface area contributed by atoms with Crippen LogP contribution in [0.15, 0.2) is 46.7 Å². The lowest BCUT2D eigenvalue weighted by Crippen LogP contribution is -2.34. The van der Waals surface area contributed by atoms with Crippen LogP contribution < -0.4 is 10.6 Å². The summed E-state index contributed by atoms with van der Waals surface area (Å²) in [6.45, 7) is 12.8. The number of nitrogens with one attached hydrogen (secondary N) is 4. The summed E-state index contributed by atoms with van der Waals surface area (Å²) in [5, 5.41) is 35.5. The quantitative estimate of drug-likeness (QED) is 0.148. The fourth-order valence-corrected chi connectivity index (χ4v) is 7.28. The molecule has 46 heavy (non-hydrogen) atoms. The summed E-state index contributed by atoms with van der Waals surface area (Å²) in [6.07, 6.45) is 3.92. The van der Waals surface area contributed by atoms with E-state index in [0.29, 0.717) is 36.1 Å². The molecule has 0 aromatic carbocycles. The summed E-state index contributed by atoms with van der Waals surface area (Å²) in [4.78, 5) is 54.0. The van der Waals surface area contributed by atoms with Crippen LogP contribution in [-0.4, -0.2) is 65.8 Å². The monoisotopic (exact) mass is 650 g/mol. The number of aryl methyl sites for hydroxylation is 1. The van der Waals surface area contributed by atoms with Gasteiger partial charge in [-0.25, -0.2) is 0 Å². The molecule has 2 aromatic heterocycles. The molecule has 0 bridgehead atoms. The molecule has 1 amide bonds. The molecule has 4 heterocycles. The third-order valence-electron chi connectivity index (χ3n) is 8.72. The molecule has 0 spiro atoms. The number of carbonyl (C=O) groups is 4. The zero-order valence-electron chi connectivity index (χ0n) is 26.8. The number of carboxylic acid groups (broad SMARTS) is 2. The summed E-state index contributed by atoms with van der Waals surface area (Å²) in [5.74, 6) is -2.04. The predicted octanol–water partition coefficient (Wildman–Crippen LogP) is 4.07. The molecule has 2 aliphatic rings. The van der Waals surface area contributed by atoms with E-state index < -0.39 is 18.2 Å². The van der Waals surface area contributed by atoms with Gasteiger partial charge < -0.3 is 30.6 Å². The van der Waals surface area contributed by atoms with E-state index in [1.54, 1.807) is 13.0 Å². The fraction of sp³-hybridized carbons (Fsp3) is 0.412. The van der Waals surface area contributed by atoms with E-state index in [9.17, 15) is 34.5 Å². The number of carbonyl (C=O) groups excluding carboxylic acids is 2. The van der Waals surface area contributed by atoms with Crippen molar-refractivity contribution in [3.63, 3.8) is 0 Å². The van der Waals surface area contributed by atoms with E-state index in [1.165, 1.54) is 18.7 Å². The van der Waals surface area contributed by atoms with Gasteiger partial charge in [-0.15, -0.1) is 0 Å². The van der Waals surface area contributed by atoms with Crippen molar-refractivity contribution in [1.82, 2.24) is 20.6 Å². The Balaban J connectivity index is 1.69. The van der Waals surface area contributed by atoms with Gasteiger partial charge in [0, 0.05) is 77.8 Å². The molecule has 3 atom stereocenters. The van der Waals surface area contributed by atoms with Crippen LogP contribution in [0, 0.1) is 6.92 Å². The summed E-state index contributed by atoms with van der Waals surface area (Å²) in [7, 11) is 0. The van der Waals surface area contributed by atoms with Crippen LogP contribution in [0.5, 0.6) is 0 Å². The van der Waals surface area contributed by atoms with E-state index in [1.807, 2.05) is 32.9 Å². The molecule has 2 aromatic rings. The lowest BCUT2D eigenvalue weighted by Gasteiger charge is -2.15. The maximum Gasteiger partial charge on any atom is 0.303 e. The average molecular weight is 651 g/mol. The smallest absolute Gasteiger partial charge is 0.303 e. The Morgan fingerprint density at radius 3 is 2.37 bits per heavy atom. The van der Waals surface area contributed by atoms with Crippen molar-refractivity contribution in [1.29, 1.82) is 0 Å². The number of carboxylic acids is 2. The standard InChI is InChI=1S/C34H42N4O7S/c1-7-23-17(3)33(44)38-28(23)14-26-16(2)24(9-11-31(42)43)29(36-26)15-27-21(8-10-30(40)41)12-22(35-27)13-25-18(4)32(34(45)37-25)19(5)46-20(6)39/h7,12,14,19,25,34-37,45H,1,8-11,13,15H2,2-6H3,(H,38,44)(H,40,41)(H,42,43)/b28-14-. The number of aliphatic carboxylic acids is 2. The highest BCUT2D eigenvalue weighted by molar-refractivity contribution is 8.14. The van der Waals surface area contributed by atoms with Crippen LogP contribution in [0.4, 0.5) is 0 Å². The van der Waals surface area contributed by atoms with Crippen molar-refractivity contribution >= 4 is 40.8 Å². The largest absolute Gasteiger partial charge is 0.481 e. The fourth-order valence-electron chi connectivity index (χ4n) is 6.34. The normalized spacial score (nSPS) is 19.7. The Morgan fingerprint density at radius 2 is 1.74 bits per heavy atom. The molecular formula is C34H42N4O7S. The molecule has 3 unspecified atom stereocenters. The topological polar surface area (TPSA) is 185 Å². The number of amides is 1. The van der Waals surface area contributed by atoms with E-state index in [0.717, 1.165) is 50.6 Å². The molecule has 0 saturated carbocycles. The van der Waals surface area contributed by atoms with Gasteiger partial charge >= 0.3 is 11.9 Å². The van der Waals surface area contributed by atoms with Gasteiger partial charge in [-0.1, -0.05) is 30.0 Å². The van der Waals surface area contributed by atoms with Gasteiger partial charge in [-0.3, -0.25) is 24.5 Å². The molecule has 7 N–H and O–H groups in total. The summed E-state index contributed by atoms with van der Waals surface area (Å²) in [5.41, 5.74) is 9.36. The SMILES string of the molecule is C=CC1=C(C)C(=O)N/C1=C\c1[nH]c(Cc2[nH]c(CC3NC(O)C(C(C)SC(C)=O)=C3C)cc2CCC(=O)O)c(CCC(=O)O)c1C. The minimum Gasteiger partial charge on any atom is -0.481 e. The molecule has 0 saturated heterocycles. The number of aliphatic hydroxyl groups is 1. The molecule has 0 fully saturated rings. The zero-order valence-corrected chi connectivity index (χ0v) is 27.6. The first-order valence-corrected chi connectivity index (χ1v) is 16.1. The molecule has 11 nitrogen and oxygen atoms in total. The minimum absolute atomic E-state index is 0.0251.